The third-order valence-electron chi connectivity index (χ3n) is 1.94. The van der Waals surface area contributed by atoms with E-state index in [0.29, 0.717) is 22.8 Å². The van der Waals surface area contributed by atoms with Crippen LogP contribution in [0.25, 0.3) is 11.5 Å². The molecule has 2 aromatic heterocycles. The maximum atomic E-state index is 10.6. The molecule has 2 rings (SSSR count). The first-order chi connectivity index (χ1) is 7.18. The largest absolute Gasteiger partial charge is 0.481 e. The van der Waals surface area contributed by atoms with E-state index in [9.17, 15) is 4.79 Å². The van der Waals surface area contributed by atoms with Crippen molar-refractivity contribution in [3.05, 3.63) is 23.8 Å². The third kappa shape index (κ3) is 1.74. The summed E-state index contributed by atoms with van der Waals surface area (Å²) in [6.45, 7) is 1.74. The summed E-state index contributed by atoms with van der Waals surface area (Å²) < 4.78 is 10.0. The van der Waals surface area contributed by atoms with Crippen LogP contribution in [0.15, 0.2) is 21.5 Å². The molecule has 0 spiro atoms. The highest BCUT2D eigenvalue weighted by Gasteiger charge is 2.18. The van der Waals surface area contributed by atoms with Gasteiger partial charge in [-0.1, -0.05) is 5.16 Å². The fourth-order valence-corrected chi connectivity index (χ4v) is 1.26. The molecule has 0 aliphatic carbocycles. The van der Waals surface area contributed by atoms with Crippen LogP contribution in [0, 0.1) is 6.92 Å². The van der Waals surface area contributed by atoms with Crippen LogP contribution in [-0.2, 0) is 11.2 Å². The van der Waals surface area contributed by atoms with Gasteiger partial charge in [0.25, 0.3) is 0 Å². The Hall–Kier alpha value is -2.11. The predicted molar refractivity (Wildman–Crippen MR) is 48.1 cm³/mol. The molecular weight excluding hydrogens is 200 g/mol. The van der Waals surface area contributed by atoms with E-state index >= 15 is 0 Å². The van der Waals surface area contributed by atoms with Crippen molar-refractivity contribution in [2.24, 2.45) is 0 Å². The highest BCUT2D eigenvalue weighted by atomic mass is 16.5. The highest BCUT2D eigenvalue weighted by molar-refractivity contribution is 5.73. The van der Waals surface area contributed by atoms with Gasteiger partial charge in [-0.2, -0.15) is 0 Å². The monoisotopic (exact) mass is 208 g/mol. The SMILES string of the molecule is Cc1ncoc1-c1oncc1CC(=O)O. The first-order valence-corrected chi connectivity index (χ1v) is 4.24. The molecule has 0 saturated heterocycles. The van der Waals surface area contributed by atoms with Crippen molar-refractivity contribution in [1.82, 2.24) is 10.1 Å². The molecule has 0 aliphatic rings. The summed E-state index contributed by atoms with van der Waals surface area (Å²) in [5.41, 5.74) is 1.11. The molecule has 6 nitrogen and oxygen atoms in total. The number of carboxylic acid groups (broad SMARTS) is 1. The minimum absolute atomic E-state index is 0.154. The lowest BCUT2D eigenvalue weighted by Gasteiger charge is -1.94. The van der Waals surface area contributed by atoms with Gasteiger partial charge in [0.05, 0.1) is 18.3 Å². The molecule has 0 unspecified atom stereocenters. The van der Waals surface area contributed by atoms with Gasteiger partial charge in [-0.05, 0) is 6.92 Å². The lowest BCUT2D eigenvalue weighted by molar-refractivity contribution is -0.136. The van der Waals surface area contributed by atoms with E-state index in [0.717, 1.165) is 0 Å². The maximum Gasteiger partial charge on any atom is 0.308 e. The molecule has 78 valence electrons. The second-order valence-electron chi connectivity index (χ2n) is 3.02. The van der Waals surface area contributed by atoms with Gasteiger partial charge in [-0.25, -0.2) is 4.98 Å². The molecule has 0 amide bonds. The number of aliphatic carboxylic acids is 1. The number of oxazole rings is 1. The number of aryl methyl sites for hydroxylation is 1. The van der Waals surface area contributed by atoms with Gasteiger partial charge in [0, 0.05) is 5.56 Å². The lowest BCUT2D eigenvalue weighted by Crippen LogP contribution is -1.99. The predicted octanol–water partition coefficient (Wildman–Crippen LogP) is 1.27. The molecule has 0 aromatic carbocycles. The fourth-order valence-electron chi connectivity index (χ4n) is 1.26. The average molecular weight is 208 g/mol. The van der Waals surface area contributed by atoms with Crippen LogP contribution >= 0.6 is 0 Å². The third-order valence-corrected chi connectivity index (χ3v) is 1.94. The Kier molecular flexibility index (Phi) is 2.24. The zero-order valence-electron chi connectivity index (χ0n) is 7.93. The van der Waals surface area contributed by atoms with Gasteiger partial charge in [-0.3, -0.25) is 4.79 Å². The van der Waals surface area contributed by atoms with E-state index in [1.807, 2.05) is 0 Å². The van der Waals surface area contributed by atoms with Gasteiger partial charge >= 0.3 is 5.97 Å². The van der Waals surface area contributed by atoms with Crippen LogP contribution in [0.2, 0.25) is 0 Å². The summed E-state index contributed by atoms with van der Waals surface area (Å²) in [5.74, 6) is -0.201. The Morgan fingerprint density at radius 2 is 2.33 bits per heavy atom. The number of aromatic nitrogens is 2. The Morgan fingerprint density at radius 3 is 2.93 bits per heavy atom. The van der Waals surface area contributed by atoms with E-state index in [1.165, 1.54) is 12.6 Å². The van der Waals surface area contributed by atoms with Gasteiger partial charge in [0.15, 0.2) is 12.2 Å². The highest BCUT2D eigenvalue weighted by Crippen LogP contribution is 2.26. The van der Waals surface area contributed by atoms with Crippen LogP contribution in [0.3, 0.4) is 0 Å². The molecule has 2 aromatic rings. The van der Waals surface area contributed by atoms with E-state index < -0.39 is 5.97 Å². The first-order valence-electron chi connectivity index (χ1n) is 4.24. The van der Waals surface area contributed by atoms with E-state index in [1.54, 1.807) is 6.92 Å². The summed E-state index contributed by atoms with van der Waals surface area (Å²) in [6.07, 6.45) is 2.49. The smallest absolute Gasteiger partial charge is 0.308 e. The molecule has 0 fully saturated rings. The standard InChI is InChI=1S/C9H8N2O4/c1-5-8(14-4-10-5)9-6(2-7(12)13)3-11-15-9/h3-4H,2H2,1H3,(H,12,13). The van der Waals surface area contributed by atoms with E-state index in [4.69, 9.17) is 14.0 Å². The minimum Gasteiger partial charge on any atom is -0.481 e. The molecule has 15 heavy (non-hydrogen) atoms. The van der Waals surface area contributed by atoms with Gasteiger partial charge in [-0.15, -0.1) is 0 Å². The van der Waals surface area contributed by atoms with Crippen molar-refractivity contribution in [3.63, 3.8) is 0 Å². The second-order valence-corrected chi connectivity index (χ2v) is 3.02. The molecule has 0 saturated carbocycles. The summed E-state index contributed by atoms with van der Waals surface area (Å²) in [7, 11) is 0. The zero-order chi connectivity index (χ0) is 10.8. The van der Waals surface area contributed by atoms with E-state index in [2.05, 4.69) is 10.1 Å². The van der Waals surface area contributed by atoms with Crippen molar-refractivity contribution < 1.29 is 18.8 Å². The zero-order valence-corrected chi connectivity index (χ0v) is 7.93. The average Bonchev–Trinajstić information content (AvgIpc) is 2.73. The summed E-state index contributed by atoms with van der Waals surface area (Å²) >= 11 is 0. The minimum atomic E-state index is -0.948. The first kappa shape index (κ1) is 9.45. The van der Waals surface area contributed by atoms with Crippen molar-refractivity contribution in [3.8, 4) is 11.5 Å². The van der Waals surface area contributed by atoms with Crippen LogP contribution in [0.5, 0.6) is 0 Å². The van der Waals surface area contributed by atoms with Gasteiger partial charge in [0.2, 0.25) is 5.76 Å². The Labute approximate surface area is 84.5 Å². The summed E-state index contributed by atoms with van der Waals surface area (Å²) in [6, 6.07) is 0. The van der Waals surface area contributed by atoms with Crippen LogP contribution in [0.1, 0.15) is 11.3 Å². The number of carboxylic acids is 1. The molecule has 0 radical (unpaired) electrons. The molecular formula is C9H8N2O4. The molecule has 1 N–H and O–H groups in total. The van der Waals surface area contributed by atoms with Crippen molar-refractivity contribution in [2.45, 2.75) is 13.3 Å². The van der Waals surface area contributed by atoms with Crippen LogP contribution in [0.4, 0.5) is 0 Å². The van der Waals surface area contributed by atoms with Gasteiger partial charge in [0.1, 0.15) is 0 Å². The van der Waals surface area contributed by atoms with Crippen molar-refractivity contribution in [2.75, 3.05) is 0 Å². The topological polar surface area (TPSA) is 89.4 Å². The normalized spacial score (nSPS) is 10.5. The van der Waals surface area contributed by atoms with Crippen LogP contribution < -0.4 is 0 Å². The second kappa shape index (κ2) is 3.56. The summed E-state index contributed by atoms with van der Waals surface area (Å²) in [4.78, 5) is 14.4. The van der Waals surface area contributed by atoms with Gasteiger partial charge < -0.3 is 14.0 Å². The quantitative estimate of drug-likeness (QED) is 0.816. The molecule has 0 bridgehead atoms. The number of hydrogen-bond acceptors (Lipinski definition) is 5. The van der Waals surface area contributed by atoms with Crippen molar-refractivity contribution in [1.29, 1.82) is 0 Å². The van der Waals surface area contributed by atoms with Crippen LogP contribution in [-0.4, -0.2) is 21.2 Å². The Bertz CT molecular complexity index is 486. The summed E-state index contributed by atoms with van der Waals surface area (Å²) in [5, 5.41) is 12.2. The molecule has 0 aliphatic heterocycles. The number of rotatable bonds is 3. The molecule has 6 heteroatoms. The van der Waals surface area contributed by atoms with E-state index in [-0.39, 0.29) is 6.42 Å². The number of nitrogens with zero attached hydrogens (tertiary/aromatic N) is 2. The Morgan fingerprint density at radius 1 is 1.53 bits per heavy atom. The van der Waals surface area contributed by atoms with Crippen molar-refractivity contribution >= 4 is 5.97 Å². The lowest BCUT2D eigenvalue weighted by atomic mass is 10.1. The maximum absolute atomic E-state index is 10.6. The number of hydrogen-bond donors (Lipinski definition) is 1. The molecule has 2 heterocycles. The Balaban J connectivity index is 2.41. The number of carbonyl (C=O) groups is 1. The molecule has 0 atom stereocenters. The fraction of sp³-hybridized carbons (Fsp3) is 0.222.